The normalized spacial score (nSPS) is 12.2. The minimum absolute atomic E-state index is 0.00232. The zero-order valence-corrected chi connectivity index (χ0v) is 35.4. The Bertz CT molecular complexity index is 874. The van der Waals surface area contributed by atoms with Gasteiger partial charge in [0.25, 0.3) is 0 Å². The summed E-state index contributed by atoms with van der Waals surface area (Å²) in [6.07, 6.45) is 42.7. The van der Waals surface area contributed by atoms with Gasteiger partial charge < -0.3 is 19.1 Å². The smallest absolute Gasteiger partial charge is 0.306 e. The van der Waals surface area contributed by atoms with Crippen LogP contribution < -0.4 is 0 Å². The summed E-state index contributed by atoms with van der Waals surface area (Å²) in [5.74, 6) is -0.512. The molecule has 6 nitrogen and oxygen atoms in total. The lowest BCUT2D eigenvalue weighted by Gasteiger charge is -2.19. The molecule has 0 unspecified atom stereocenters. The van der Waals surface area contributed by atoms with Crippen molar-refractivity contribution < 1.29 is 23.8 Å². The SMILES string of the molecule is CCCCCCCC/C=C\CCCCCCCC(=O)OC[C@H](COC(=S)CCCN(C)C)OC(=O)CCCCCCC/C=C\CCCCCCCC. The Morgan fingerprint density at radius 3 is 1.33 bits per heavy atom. The number of thiocarbonyl (C=S) groups is 1. The molecule has 0 spiro atoms. The Morgan fingerprint density at radius 2 is 0.885 bits per heavy atom. The first-order valence-corrected chi connectivity index (χ1v) is 22.2. The van der Waals surface area contributed by atoms with Crippen molar-refractivity contribution in [1.82, 2.24) is 4.90 Å². The minimum Gasteiger partial charge on any atom is -0.483 e. The molecule has 0 rings (SSSR count). The van der Waals surface area contributed by atoms with E-state index < -0.39 is 6.10 Å². The maximum Gasteiger partial charge on any atom is 0.306 e. The first-order valence-electron chi connectivity index (χ1n) is 21.8. The molecule has 0 bridgehead atoms. The quantitative estimate of drug-likeness (QED) is 0.0268. The number of carbonyl (C=O) groups excluding carboxylic acids is 2. The van der Waals surface area contributed by atoms with Crippen molar-refractivity contribution in [3.05, 3.63) is 24.3 Å². The molecule has 0 aliphatic carbocycles. The fourth-order valence-corrected chi connectivity index (χ4v) is 6.31. The summed E-state index contributed by atoms with van der Waals surface area (Å²) >= 11 is 5.40. The summed E-state index contributed by atoms with van der Waals surface area (Å²) in [5.41, 5.74) is 0. The van der Waals surface area contributed by atoms with Gasteiger partial charge in [-0.25, -0.2) is 0 Å². The Morgan fingerprint density at radius 1 is 0.500 bits per heavy atom. The molecule has 0 saturated heterocycles. The number of hydrogen-bond acceptors (Lipinski definition) is 7. The van der Waals surface area contributed by atoms with Gasteiger partial charge in [-0.05, 0) is 103 Å². The highest BCUT2D eigenvalue weighted by molar-refractivity contribution is 7.80. The molecule has 52 heavy (non-hydrogen) atoms. The second kappa shape index (κ2) is 40.5. The number of esters is 2. The van der Waals surface area contributed by atoms with Gasteiger partial charge in [0.05, 0.1) is 0 Å². The summed E-state index contributed by atoms with van der Waals surface area (Å²) in [4.78, 5) is 27.3. The van der Waals surface area contributed by atoms with Crippen molar-refractivity contribution in [3.63, 3.8) is 0 Å². The minimum atomic E-state index is -0.652. The number of carbonyl (C=O) groups is 2. The fourth-order valence-electron chi connectivity index (χ4n) is 6.10. The Balaban J connectivity index is 4.21. The van der Waals surface area contributed by atoms with Crippen LogP contribution in [0.1, 0.15) is 206 Å². The van der Waals surface area contributed by atoms with Crippen LogP contribution in [0.4, 0.5) is 0 Å². The van der Waals surface area contributed by atoms with Crippen molar-refractivity contribution in [2.75, 3.05) is 33.9 Å². The number of nitrogens with zero attached hydrogens (tertiary/aromatic N) is 1. The lowest BCUT2D eigenvalue weighted by molar-refractivity contribution is -0.161. The standard InChI is InChI=1S/C45H83NO5S/c1-5-7-9-11-13-15-17-19-21-23-25-27-29-31-33-36-43(47)49-40-42(41-50-45(52)38-35-39-46(3)4)51-44(48)37-34-32-30-28-26-24-22-20-18-16-14-12-10-8-6-2/h19-22,42H,5-18,23-41H2,1-4H3/b21-19-,22-20-/t42-/m1/s1. The number of ether oxygens (including phenoxy) is 3. The molecule has 0 aromatic carbocycles. The van der Waals surface area contributed by atoms with E-state index in [0.29, 0.717) is 24.3 Å². The summed E-state index contributed by atoms with van der Waals surface area (Å²) in [7, 11) is 4.06. The Kier molecular flexibility index (Phi) is 39.1. The maximum absolute atomic E-state index is 12.7. The van der Waals surface area contributed by atoms with E-state index >= 15 is 0 Å². The van der Waals surface area contributed by atoms with Gasteiger partial charge in [0.15, 0.2) is 11.2 Å². The van der Waals surface area contributed by atoms with Gasteiger partial charge in [0, 0.05) is 19.3 Å². The van der Waals surface area contributed by atoms with E-state index in [0.717, 1.165) is 64.3 Å². The second-order valence-corrected chi connectivity index (χ2v) is 15.5. The predicted octanol–water partition coefficient (Wildman–Crippen LogP) is 13.2. The number of rotatable bonds is 39. The Hall–Kier alpha value is -1.73. The van der Waals surface area contributed by atoms with Gasteiger partial charge in [-0.1, -0.05) is 141 Å². The largest absolute Gasteiger partial charge is 0.483 e. The van der Waals surface area contributed by atoms with Crippen molar-refractivity contribution in [1.29, 1.82) is 0 Å². The third-order valence-electron chi connectivity index (χ3n) is 9.43. The molecular formula is C45H83NO5S. The topological polar surface area (TPSA) is 65.1 Å². The molecular weight excluding hydrogens is 667 g/mol. The highest BCUT2D eigenvalue weighted by Gasteiger charge is 2.19. The predicted molar refractivity (Wildman–Crippen MR) is 226 cm³/mol. The van der Waals surface area contributed by atoms with E-state index in [9.17, 15) is 9.59 Å². The van der Waals surface area contributed by atoms with Crippen molar-refractivity contribution in [3.8, 4) is 0 Å². The van der Waals surface area contributed by atoms with Crippen LogP contribution in [-0.2, 0) is 23.8 Å². The molecule has 7 heteroatoms. The van der Waals surface area contributed by atoms with Crippen LogP contribution in [0.5, 0.6) is 0 Å². The number of hydrogen-bond donors (Lipinski definition) is 0. The molecule has 0 saturated carbocycles. The third-order valence-corrected chi connectivity index (χ3v) is 9.75. The highest BCUT2D eigenvalue weighted by atomic mass is 32.1. The zero-order chi connectivity index (χ0) is 38.2. The summed E-state index contributed by atoms with van der Waals surface area (Å²) < 4.78 is 17.0. The summed E-state index contributed by atoms with van der Waals surface area (Å²) in [5, 5.41) is 0.500. The molecule has 0 aliphatic rings. The van der Waals surface area contributed by atoms with Crippen LogP contribution in [-0.4, -0.2) is 61.8 Å². The molecule has 0 heterocycles. The lowest BCUT2D eigenvalue weighted by Crippen LogP contribution is -2.30. The average Bonchev–Trinajstić information content (AvgIpc) is 3.12. The van der Waals surface area contributed by atoms with Crippen molar-refractivity contribution in [2.24, 2.45) is 0 Å². The molecule has 0 radical (unpaired) electrons. The summed E-state index contributed by atoms with van der Waals surface area (Å²) in [6.45, 7) is 5.56. The van der Waals surface area contributed by atoms with Gasteiger partial charge in [0.1, 0.15) is 13.2 Å². The Labute approximate surface area is 327 Å². The van der Waals surface area contributed by atoms with Gasteiger partial charge in [0.2, 0.25) is 0 Å². The van der Waals surface area contributed by atoms with Crippen LogP contribution in [0.2, 0.25) is 0 Å². The molecule has 0 aromatic rings. The van der Waals surface area contributed by atoms with Crippen molar-refractivity contribution >= 4 is 29.2 Å². The third kappa shape index (κ3) is 39.5. The first-order chi connectivity index (χ1) is 25.4. The fraction of sp³-hybridized carbons (Fsp3) is 0.844. The van der Waals surface area contributed by atoms with E-state index in [2.05, 4.69) is 43.1 Å². The molecule has 0 amide bonds. The van der Waals surface area contributed by atoms with Crippen LogP contribution >= 0.6 is 12.2 Å². The first kappa shape index (κ1) is 50.3. The molecule has 1 atom stereocenters. The van der Waals surface area contributed by atoms with Crippen LogP contribution in [0.15, 0.2) is 24.3 Å². The number of unbranched alkanes of at least 4 members (excludes halogenated alkanes) is 22. The zero-order valence-electron chi connectivity index (χ0n) is 34.6. The number of allylic oxidation sites excluding steroid dienone is 4. The van der Waals surface area contributed by atoms with Crippen LogP contribution in [0.25, 0.3) is 0 Å². The molecule has 304 valence electrons. The van der Waals surface area contributed by atoms with Gasteiger partial charge >= 0.3 is 11.9 Å². The van der Waals surface area contributed by atoms with E-state index in [1.165, 1.54) is 116 Å². The molecule has 0 fully saturated rings. The maximum atomic E-state index is 12.7. The van der Waals surface area contributed by atoms with Crippen LogP contribution in [0, 0.1) is 0 Å². The van der Waals surface area contributed by atoms with Gasteiger partial charge in [-0.15, -0.1) is 0 Å². The van der Waals surface area contributed by atoms with Crippen molar-refractivity contribution in [2.45, 2.75) is 213 Å². The molecule has 0 aromatic heterocycles. The van der Waals surface area contributed by atoms with E-state index in [4.69, 9.17) is 26.4 Å². The highest BCUT2D eigenvalue weighted by Crippen LogP contribution is 2.13. The summed E-state index contributed by atoms with van der Waals surface area (Å²) in [6, 6.07) is 0. The van der Waals surface area contributed by atoms with E-state index in [1.54, 1.807) is 0 Å². The van der Waals surface area contributed by atoms with Gasteiger partial charge in [-0.3, -0.25) is 9.59 Å². The molecule has 0 N–H and O–H groups in total. The van der Waals surface area contributed by atoms with E-state index in [1.807, 2.05) is 14.1 Å². The van der Waals surface area contributed by atoms with E-state index in [-0.39, 0.29) is 25.2 Å². The average molecular weight is 750 g/mol. The lowest BCUT2D eigenvalue weighted by atomic mass is 10.1. The monoisotopic (exact) mass is 750 g/mol. The van der Waals surface area contributed by atoms with Crippen LogP contribution in [0.3, 0.4) is 0 Å². The molecule has 0 aliphatic heterocycles. The van der Waals surface area contributed by atoms with Gasteiger partial charge in [-0.2, -0.15) is 0 Å². The second-order valence-electron chi connectivity index (χ2n) is 15.1.